The summed E-state index contributed by atoms with van der Waals surface area (Å²) in [6.45, 7) is 3.70. The van der Waals surface area contributed by atoms with E-state index in [0.717, 1.165) is 5.56 Å². The molecule has 1 aromatic heterocycles. The average molecular weight is 448 g/mol. The average Bonchev–Trinajstić information content (AvgIpc) is 2.52. The molecule has 0 aliphatic rings. The van der Waals surface area contributed by atoms with Crippen LogP contribution in [0.2, 0.25) is 0 Å². The first-order chi connectivity index (χ1) is 11.1. The van der Waals surface area contributed by atoms with E-state index < -0.39 is 7.59 Å². The van der Waals surface area contributed by atoms with E-state index in [1.165, 1.54) is 7.11 Å². The highest BCUT2D eigenvalue weighted by atomic mass is 35.6. The zero-order valence-electron chi connectivity index (χ0n) is 12.0. The van der Waals surface area contributed by atoms with E-state index in [1.807, 2.05) is 0 Å². The van der Waals surface area contributed by atoms with Gasteiger partial charge in [0.05, 0.1) is 12.7 Å². The molecule has 10 heteroatoms. The third-order valence-corrected chi connectivity index (χ3v) is 3.86. The first kappa shape index (κ1) is 19.8. The molecule has 0 radical (unpaired) electrons. The van der Waals surface area contributed by atoms with E-state index in [2.05, 4.69) is 21.5 Å². The van der Waals surface area contributed by atoms with Crippen molar-refractivity contribution in [2.24, 2.45) is 0 Å². The third-order valence-electron chi connectivity index (χ3n) is 2.84. The molecule has 0 aliphatic heterocycles. The van der Waals surface area contributed by atoms with E-state index in [4.69, 9.17) is 74.3 Å². The molecule has 0 spiro atoms. The van der Waals surface area contributed by atoms with Crippen molar-refractivity contribution in [3.05, 3.63) is 42.0 Å². The zero-order valence-corrected chi connectivity index (χ0v) is 16.6. The number of hydrogen-bond acceptors (Lipinski definition) is 4. The van der Waals surface area contributed by atoms with Crippen LogP contribution >= 0.6 is 69.6 Å². The molecule has 1 aromatic carbocycles. The Morgan fingerprint density at radius 2 is 1.50 bits per heavy atom. The molecule has 0 aliphatic carbocycles. The third kappa shape index (κ3) is 4.57. The summed E-state index contributed by atoms with van der Waals surface area (Å²) in [5.41, 5.74) is 1.35. The second-order valence-electron chi connectivity index (χ2n) is 4.47. The fraction of sp³-hybridized carbons (Fsp3) is 0.214. The normalized spacial score (nSPS) is 12.1. The van der Waals surface area contributed by atoms with Gasteiger partial charge in [0.1, 0.15) is 5.75 Å². The monoisotopic (exact) mass is 445 g/mol. The molecule has 0 fully saturated rings. The molecule has 0 saturated carbocycles. The summed E-state index contributed by atoms with van der Waals surface area (Å²) in [5.74, 6) is 0.270. The van der Waals surface area contributed by atoms with Gasteiger partial charge in [0.15, 0.2) is 17.5 Å². The number of benzene rings is 1. The van der Waals surface area contributed by atoms with Gasteiger partial charge in [-0.3, -0.25) is 0 Å². The summed E-state index contributed by atoms with van der Waals surface area (Å²) in [5, 5.41) is 0. The minimum atomic E-state index is -1.92. The molecule has 0 N–H and O–H groups in total. The highest BCUT2D eigenvalue weighted by molar-refractivity contribution is 6.67. The van der Waals surface area contributed by atoms with E-state index in [-0.39, 0.29) is 17.5 Å². The Kier molecular flexibility index (Phi) is 6.12. The topological polar surface area (TPSA) is 47.9 Å². The number of hydrogen-bond donors (Lipinski definition) is 0. The number of rotatable bonds is 3. The van der Waals surface area contributed by atoms with Gasteiger partial charge < -0.3 is 4.74 Å². The second-order valence-corrected chi connectivity index (χ2v) is 9.03. The van der Waals surface area contributed by atoms with E-state index in [0.29, 0.717) is 11.3 Å². The number of ether oxygens (including phenoxy) is 1. The molecule has 0 saturated heterocycles. The molecule has 128 valence electrons. The van der Waals surface area contributed by atoms with Crippen LogP contribution in [0.15, 0.2) is 24.8 Å². The Hall–Kier alpha value is -0.490. The van der Waals surface area contributed by atoms with Crippen LogP contribution in [0.3, 0.4) is 0 Å². The molecular weight excluding hydrogens is 439 g/mol. The Labute approximate surface area is 168 Å². The van der Waals surface area contributed by atoms with Gasteiger partial charge in [-0.15, -0.1) is 0 Å². The Balaban J connectivity index is 2.72. The van der Waals surface area contributed by atoms with Crippen molar-refractivity contribution in [1.29, 1.82) is 0 Å². The molecule has 0 bridgehead atoms. The molecular formula is C14H9Cl6N3O. The lowest BCUT2D eigenvalue weighted by Crippen LogP contribution is -2.17. The number of methoxy groups -OCH3 is 1. The largest absolute Gasteiger partial charge is 0.496 e. The number of halogens is 6. The molecule has 0 atom stereocenters. The number of alkyl halides is 6. The summed E-state index contributed by atoms with van der Waals surface area (Å²) in [6.07, 6.45) is 1.67. The summed E-state index contributed by atoms with van der Waals surface area (Å²) in [7, 11) is 1.50. The van der Waals surface area contributed by atoms with Crippen molar-refractivity contribution in [1.82, 2.24) is 15.0 Å². The van der Waals surface area contributed by atoms with Crippen molar-refractivity contribution < 1.29 is 4.74 Å². The Morgan fingerprint density at radius 1 is 0.958 bits per heavy atom. The zero-order chi connectivity index (χ0) is 18.1. The lowest BCUT2D eigenvalue weighted by atomic mass is 10.1. The summed E-state index contributed by atoms with van der Waals surface area (Å²) in [6, 6.07) is 5.25. The molecule has 0 amide bonds. The fourth-order valence-electron chi connectivity index (χ4n) is 1.77. The van der Waals surface area contributed by atoms with E-state index >= 15 is 0 Å². The molecule has 2 aromatic rings. The number of aromatic nitrogens is 3. The summed E-state index contributed by atoms with van der Waals surface area (Å²) < 4.78 is 1.51. The maximum Gasteiger partial charge on any atom is 0.250 e. The van der Waals surface area contributed by atoms with Crippen molar-refractivity contribution in [2.75, 3.05) is 7.11 Å². The molecule has 24 heavy (non-hydrogen) atoms. The van der Waals surface area contributed by atoms with E-state index in [9.17, 15) is 0 Å². The molecule has 2 rings (SSSR count). The maximum absolute atomic E-state index is 5.87. The van der Waals surface area contributed by atoms with Crippen LogP contribution < -0.4 is 4.74 Å². The molecule has 1 heterocycles. The highest BCUT2D eigenvalue weighted by Gasteiger charge is 2.34. The van der Waals surface area contributed by atoms with Crippen molar-refractivity contribution >= 4 is 75.7 Å². The van der Waals surface area contributed by atoms with Gasteiger partial charge >= 0.3 is 0 Å². The van der Waals surface area contributed by atoms with Gasteiger partial charge in [-0.1, -0.05) is 88.3 Å². The predicted octanol–water partition coefficient (Wildman–Crippen LogP) is 5.84. The minimum Gasteiger partial charge on any atom is -0.496 e. The first-order valence-electron chi connectivity index (χ1n) is 6.27. The van der Waals surface area contributed by atoms with Gasteiger partial charge in [0.25, 0.3) is 0 Å². The standard InChI is InChI=1S/C14H9Cl6N3O/c1-3-7-4-5-8(9(6-7)24-2)10-21-11(13(15,16)17)23-12(22-10)14(18,19)20/h3-6H,1H2,2H3. The van der Waals surface area contributed by atoms with Crippen molar-refractivity contribution in [3.8, 4) is 17.1 Å². The highest BCUT2D eigenvalue weighted by Crippen LogP contribution is 2.41. The lowest BCUT2D eigenvalue weighted by Gasteiger charge is -2.16. The first-order valence-corrected chi connectivity index (χ1v) is 8.54. The van der Waals surface area contributed by atoms with Crippen LogP contribution in [0.4, 0.5) is 0 Å². The second kappa shape index (κ2) is 7.40. The van der Waals surface area contributed by atoms with Crippen LogP contribution in [0, 0.1) is 0 Å². The summed E-state index contributed by atoms with van der Waals surface area (Å²) in [4.78, 5) is 12.2. The number of nitrogens with zero attached hydrogens (tertiary/aromatic N) is 3. The maximum atomic E-state index is 5.87. The van der Waals surface area contributed by atoms with E-state index in [1.54, 1.807) is 24.3 Å². The summed E-state index contributed by atoms with van der Waals surface area (Å²) >= 11 is 35.2. The predicted molar refractivity (Wildman–Crippen MR) is 100 cm³/mol. The Bertz CT molecular complexity index is 738. The van der Waals surface area contributed by atoms with Crippen LogP contribution in [-0.2, 0) is 7.59 Å². The molecule has 4 nitrogen and oxygen atoms in total. The molecule has 0 unspecified atom stereocenters. The SMILES string of the molecule is C=Cc1ccc(-c2nc(C(Cl)(Cl)Cl)nc(C(Cl)(Cl)Cl)n2)c(OC)c1. The van der Waals surface area contributed by atoms with Crippen LogP contribution in [0.5, 0.6) is 5.75 Å². The van der Waals surface area contributed by atoms with Crippen molar-refractivity contribution in [3.63, 3.8) is 0 Å². The Morgan fingerprint density at radius 3 is 1.92 bits per heavy atom. The van der Waals surface area contributed by atoms with Gasteiger partial charge in [0.2, 0.25) is 7.59 Å². The van der Waals surface area contributed by atoms with Crippen LogP contribution in [0.25, 0.3) is 17.5 Å². The lowest BCUT2D eigenvalue weighted by molar-refractivity contribution is 0.416. The minimum absolute atomic E-state index is 0.139. The van der Waals surface area contributed by atoms with Crippen LogP contribution in [-0.4, -0.2) is 22.1 Å². The van der Waals surface area contributed by atoms with Gasteiger partial charge in [0, 0.05) is 0 Å². The van der Waals surface area contributed by atoms with Gasteiger partial charge in [-0.2, -0.15) is 0 Å². The van der Waals surface area contributed by atoms with Crippen LogP contribution in [0.1, 0.15) is 17.2 Å². The van der Waals surface area contributed by atoms with Gasteiger partial charge in [-0.05, 0) is 17.7 Å². The smallest absolute Gasteiger partial charge is 0.250 e. The van der Waals surface area contributed by atoms with Crippen molar-refractivity contribution in [2.45, 2.75) is 7.59 Å². The van der Waals surface area contributed by atoms with Gasteiger partial charge in [-0.25, -0.2) is 15.0 Å². The quantitative estimate of drug-likeness (QED) is 0.554. The fourth-order valence-corrected chi connectivity index (χ4v) is 2.28.